The summed E-state index contributed by atoms with van der Waals surface area (Å²) >= 11 is 0. The maximum absolute atomic E-state index is 13.2. The number of nitrogens with two attached hydrogens (primary N) is 1. The normalized spacial score (nSPS) is 12.3. The Kier molecular flexibility index (Phi) is 15.7. The van der Waals surface area contributed by atoms with Crippen LogP contribution in [0.1, 0.15) is 78.7 Å². The molecule has 12 heteroatoms. The molecule has 0 spiro atoms. The van der Waals surface area contributed by atoms with Gasteiger partial charge < -0.3 is 31.7 Å². The molecular formula is C29H45N5O7. The van der Waals surface area contributed by atoms with E-state index in [1.54, 1.807) is 38.1 Å². The van der Waals surface area contributed by atoms with E-state index in [1.807, 2.05) is 13.8 Å². The second-order valence-electron chi connectivity index (χ2n) is 10.6. The van der Waals surface area contributed by atoms with Gasteiger partial charge in [-0.2, -0.15) is 0 Å². The topological polar surface area (TPSA) is 186 Å². The maximum Gasteiger partial charge on any atom is 0.312 e. The molecule has 1 aromatic carbocycles. The summed E-state index contributed by atoms with van der Waals surface area (Å²) in [7, 11) is 0. The summed E-state index contributed by atoms with van der Waals surface area (Å²) in [6.07, 6.45) is 2.26. The van der Waals surface area contributed by atoms with Crippen LogP contribution >= 0.6 is 0 Å². The number of benzene rings is 1. The molecule has 0 aliphatic rings. The highest BCUT2D eigenvalue weighted by Crippen LogP contribution is 2.13. The number of primary amides is 1. The number of anilines is 1. The zero-order valence-corrected chi connectivity index (χ0v) is 24.7. The van der Waals surface area contributed by atoms with E-state index < -0.39 is 35.9 Å². The molecule has 6 N–H and O–H groups in total. The number of unbranched alkanes of at least 4 members (excludes halogenated alkanes) is 1. The summed E-state index contributed by atoms with van der Waals surface area (Å²) in [6.45, 7) is 8.88. The molecule has 0 fully saturated rings. The van der Waals surface area contributed by atoms with Crippen molar-refractivity contribution in [1.82, 2.24) is 16.0 Å². The molecule has 0 saturated heterocycles. The summed E-state index contributed by atoms with van der Waals surface area (Å²) in [5, 5.41) is 10.7. The van der Waals surface area contributed by atoms with Crippen LogP contribution in [0.5, 0.6) is 0 Å². The average molecular weight is 576 g/mol. The maximum atomic E-state index is 13.2. The number of hydrogen-bond acceptors (Lipinski definition) is 7. The zero-order valence-electron chi connectivity index (χ0n) is 24.7. The van der Waals surface area contributed by atoms with E-state index in [-0.39, 0.29) is 49.5 Å². The van der Waals surface area contributed by atoms with E-state index >= 15 is 0 Å². The van der Waals surface area contributed by atoms with E-state index in [1.165, 1.54) is 6.92 Å². The summed E-state index contributed by atoms with van der Waals surface area (Å²) < 4.78 is 4.96. The third kappa shape index (κ3) is 14.8. The Labute approximate surface area is 241 Å². The van der Waals surface area contributed by atoms with Crippen LogP contribution in [-0.4, -0.2) is 54.1 Å². The fourth-order valence-corrected chi connectivity index (χ4v) is 3.80. The highest BCUT2D eigenvalue weighted by molar-refractivity contribution is 5.98. The van der Waals surface area contributed by atoms with Gasteiger partial charge >= 0.3 is 12.0 Å². The molecule has 1 aromatic rings. The summed E-state index contributed by atoms with van der Waals surface area (Å²) in [6, 6.07) is 4.17. The number of carbonyl (C=O) groups is 6. The average Bonchev–Trinajstić information content (AvgIpc) is 2.90. The summed E-state index contributed by atoms with van der Waals surface area (Å²) in [5.41, 5.74) is 6.32. The minimum absolute atomic E-state index is 0.0405. The van der Waals surface area contributed by atoms with Crippen LogP contribution in [-0.2, 0) is 35.3 Å². The number of hydrogen-bond donors (Lipinski definition) is 5. The number of nitrogens with one attached hydrogen (secondary N) is 4. The molecule has 0 aromatic heterocycles. The molecule has 228 valence electrons. The lowest BCUT2D eigenvalue weighted by Crippen LogP contribution is -2.54. The van der Waals surface area contributed by atoms with Crippen molar-refractivity contribution in [2.75, 3.05) is 11.9 Å². The van der Waals surface area contributed by atoms with Gasteiger partial charge in [0, 0.05) is 37.9 Å². The van der Waals surface area contributed by atoms with Gasteiger partial charge in [-0.1, -0.05) is 39.8 Å². The standard InChI is InChI=1S/C29H45N5O7/c1-18(2)24(36)10-6-7-11-25(37)34-26(19(3)4)28(39)33-23(9-8-16-31-29(30)40)27(38)32-22-14-12-21(13-15-22)17-41-20(5)35/h12-15,18-19,23,26H,6-11,16-17H2,1-5H3,(H,32,38)(H,33,39)(H,34,37)(H3,30,31,40)/t23-,26-/m0/s1. The largest absolute Gasteiger partial charge is 0.461 e. The first-order valence-corrected chi connectivity index (χ1v) is 14.0. The molecule has 0 unspecified atom stereocenters. The zero-order chi connectivity index (χ0) is 30.9. The Morgan fingerprint density at radius 2 is 1.49 bits per heavy atom. The van der Waals surface area contributed by atoms with Crippen LogP contribution < -0.4 is 27.0 Å². The molecule has 41 heavy (non-hydrogen) atoms. The van der Waals surface area contributed by atoms with Gasteiger partial charge in [-0.3, -0.25) is 24.0 Å². The first kappa shape index (κ1) is 35.1. The van der Waals surface area contributed by atoms with E-state index in [9.17, 15) is 28.8 Å². The predicted octanol–water partition coefficient (Wildman–Crippen LogP) is 2.55. The van der Waals surface area contributed by atoms with Gasteiger partial charge in [-0.05, 0) is 49.3 Å². The highest BCUT2D eigenvalue weighted by atomic mass is 16.5. The van der Waals surface area contributed by atoms with E-state index in [4.69, 9.17) is 10.5 Å². The lowest BCUT2D eigenvalue weighted by Gasteiger charge is -2.25. The Morgan fingerprint density at radius 3 is 2.05 bits per heavy atom. The SMILES string of the molecule is CC(=O)OCc1ccc(NC(=O)[C@H](CCCNC(N)=O)NC(=O)[C@@H](NC(=O)CCCCC(=O)C(C)C)C(C)C)cc1. The molecule has 0 aliphatic carbocycles. The first-order valence-electron chi connectivity index (χ1n) is 14.0. The molecule has 0 aliphatic heterocycles. The number of urea groups is 1. The lowest BCUT2D eigenvalue weighted by atomic mass is 10.0. The lowest BCUT2D eigenvalue weighted by molar-refractivity contribution is -0.142. The predicted molar refractivity (Wildman–Crippen MR) is 154 cm³/mol. The number of esters is 1. The van der Waals surface area contributed by atoms with E-state index in [0.29, 0.717) is 31.4 Å². The van der Waals surface area contributed by atoms with Crippen LogP contribution in [0.15, 0.2) is 24.3 Å². The van der Waals surface area contributed by atoms with Gasteiger partial charge in [0.05, 0.1) is 0 Å². The molecule has 1 rings (SSSR count). The molecule has 0 radical (unpaired) electrons. The highest BCUT2D eigenvalue weighted by Gasteiger charge is 2.28. The number of ketones is 1. The van der Waals surface area contributed by atoms with Crippen LogP contribution in [0, 0.1) is 11.8 Å². The van der Waals surface area contributed by atoms with Gasteiger partial charge in [-0.15, -0.1) is 0 Å². The molecule has 0 saturated carbocycles. The van der Waals surface area contributed by atoms with Crippen molar-refractivity contribution >= 4 is 41.2 Å². The van der Waals surface area contributed by atoms with Gasteiger partial charge in [0.2, 0.25) is 17.7 Å². The fraction of sp³-hybridized carbons (Fsp3) is 0.586. The number of rotatable bonds is 18. The van der Waals surface area contributed by atoms with Crippen LogP contribution in [0.25, 0.3) is 0 Å². The van der Waals surface area contributed by atoms with Gasteiger partial charge in [0.15, 0.2) is 0 Å². The number of ether oxygens (including phenoxy) is 1. The summed E-state index contributed by atoms with van der Waals surface area (Å²) in [5.74, 6) is -1.85. The van der Waals surface area contributed by atoms with E-state index in [2.05, 4.69) is 21.3 Å². The van der Waals surface area contributed by atoms with Crippen molar-refractivity contribution in [1.29, 1.82) is 0 Å². The second kappa shape index (κ2) is 18.4. The molecular weight excluding hydrogens is 530 g/mol. The Hall–Kier alpha value is -3.96. The molecule has 5 amide bonds. The summed E-state index contributed by atoms with van der Waals surface area (Å²) in [4.78, 5) is 72.7. The quantitative estimate of drug-likeness (QED) is 0.131. The van der Waals surface area contributed by atoms with Gasteiger partial charge in [-0.25, -0.2) is 4.79 Å². The van der Waals surface area contributed by atoms with Gasteiger partial charge in [0.25, 0.3) is 0 Å². The van der Waals surface area contributed by atoms with Crippen LogP contribution in [0.2, 0.25) is 0 Å². The first-order chi connectivity index (χ1) is 19.3. The molecule has 0 bridgehead atoms. The van der Waals surface area contributed by atoms with Crippen molar-refractivity contribution in [3.05, 3.63) is 29.8 Å². The Balaban J connectivity index is 2.83. The van der Waals surface area contributed by atoms with Crippen LogP contribution in [0.3, 0.4) is 0 Å². The monoisotopic (exact) mass is 575 g/mol. The smallest absolute Gasteiger partial charge is 0.312 e. The van der Waals surface area contributed by atoms with Crippen molar-refractivity contribution in [2.24, 2.45) is 17.6 Å². The van der Waals surface area contributed by atoms with Crippen LogP contribution in [0.4, 0.5) is 10.5 Å². The molecule has 12 nitrogen and oxygen atoms in total. The minimum Gasteiger partial charge on any atom is -0.461 e. The van der Waals surface area contributed by atoms with Crippen molar-refractivity contribution in [3.63, 3.8) is 0 Å². The Bertz CT molecular complexity index is 1040. The second-order valence-corrected chi connectivity index (χ2v) is 10.6. The van der Waals surface area contributed by atoms with Gasteiger partial charge in [0.1, 0.15) is 24.5 Å². The third-order valence-corrected chi connectivity index (χ3v) is 6.25. The third-order valence-electron chi connectivity index (χ3n) is 6.25. The van der Waals surface area contributed by atoms with E-state index in [0.717, 1.165) is 5.56 Å². The van der Waals surface area contributed by atoms with Crippen molar-refractivity contribution in [3.8, 4) is 0 Å². The molecule has 2 atom stereocenters. The van der Waals surface area contributed by atoms with Crippen molar-refractivity contribution < 1.29 is 33.5 Å². The number of Topliss-reactive ketones (excluding diaryl/α,β-unsaturated/α-hetero) is 1. The number of amides is 5. The number of carbonyl (C=O) groups excluding carboxylic acids is 6. The minimum atomic E-state index is -0.960. The molecule has 0 heterocycles. The van der Waals surface area contributed by atoms with Crippen molar-refractivity contribution in [2.45, 2.75) is 91.8 Å². The Morgan fingerprint density at radius 1 is 0.854 bits per heavy atom. The fourth-order valence-electron chi connectivity index (χ4n) is 3.80.